The van der Waals surface area contributed by atoms with Crippen LogP contribution in [-0.4, -0.2) is 137 Å². The number of aliphatic hydroxyl groups is 1. The summed E-state index contributed by atoms with van der Waals surface area (Å²) in [6.07, 6.45) is -3.83. The number of alkyl halides is 31. The van der Waals surface area contributed by atoms with Gasteiger partial charge in [-0.05, 0) is 107 Å². The molecule has 0 amide bonds. The zero-order valence-corrected chi connectivity index (χ0v) is 52.3. The predicted molar refractivity (Wildman–Crippen MR) is 263 cm³/mol. The molecule has 0 bridgehead atoms. The van der Waals surface area contributed by atoms with E-state index in [1.54, 1.807) is 6.08 Å². The van der Waals surface area contributed by atoms with Crippen molar-refractivity contribution in [3.05, 3.63) is 43.7 Å². The van der Waals surface area contributed by atoms with Gasteiger partial charge < -0.3 is 24.4 Å². The number of halogens is 37. The van der Waals surface area contributed by atoms with E-state index >= 15 is 0 Å². The first-order valence-corrected chi connectivity index (χ1v) is 24.3. The fraction of sp³-hybridized carbons (Fsp3) is 0.706. The Morgan fingerprint density at radius 3 is 1.11 bits per heavy atom. The van der Waals surface area contributed by atoms with Crippen molar-refractivity contribution in [3.8, 4) is 0 Å². The molecule has 488 valence electrons. The van der Waals surface area contributed by atoms with E-state index in [9.17, 15) is 97.4 Å². The Labute approximate surface area is 532 Å². The van der Waals surface area contributed by atoms with Gasteiger partial charge in [-0.15, -0.1) is 59.6 Å². The van der Waals surface area contributed by atoms with Crippen LogP contribution < -0.4 is 0 Å². The third kappa shape index (κ3) is 59.5. The summed E-state index contributed by atoms with van der Waals surface area (Å²) in [5.74, 6) is -12.2. The SMILES string of the molecule is C.C=C=C(F)F.C=CCCO.C=CCCOC(=O)C(F)(F)Cl.ClCl.FC(F)(Cl)C(Cl)OCCC(Cl)CCl.FC(F)(Cl)C(F)(Cl)OC(F)(F)C(F)(F)C(F)(Cl)C(F)(F)Cl.FF.O=C(O)C(F)(F)Cl.O=C(OCCC(Cl)CCl)C(F)(F)Cl.[Zn]. The van der Waals surface area contributed by atoms with E-state index in [1.807, 2.05) is 0 Å². The molecule has 0 aromatic heterocycles. The van der Waals surface area contributed by atoms with Crippen molar-refractivity contribution < 1.29 is 160 Å². The minimum Gasteiger partial charge on any atom is -0.476 e. The van der Waals surface area contributed by atoms with Gasteiger partial charge in [0.1, 0.15) is 0 Å². The van der Waals surface area contributed by atoms with Gasteiger partial charge in [-0.3, -0.25) is 4.74 Å². The van der Waals surface area contributed by atoms with Gasteiger partial charge in [0.05, 0.1) is 25.2 Å². The van der Waals surface area contributed by atoms with Crippen molar-refractivity contribution in [2.24, 2.45) is 0 Å². The van der Waals surface area contributed by atoms with E-state index in [4.69, 9.17) is 82.2 Å². The molecule has 2 N–H and O–H groups in total. The molecule has 0 fully saturated rings. The second-order valence-corrected chi connectivity index (χ2v) is 17.6. The average Bonchev–Trinajstić information content (AvgIpc) is 3.29. The number of hydrogen-bond donors (Lipinski definition) is 2. The molecule has 0 spiro atoms. The van der Waals surface area contributed by atoms with E-state index in [0.717, 1.165) is 0 Å². The van der Waals surface area contributed by atoms with Gasteiger partial charge in [-0.2, -0.15) is 83.4 Å². The Morgan fingerprint density at radius 2 is 0.901 bits per heavy atom. The van der Waals surface area contributed by atoms with Gasteiger partial charge >= 0.3 is 78.8 Å². The number of rotatable bonds is 24. The van der Waals surface area contributed by atoms with Gasteiger partial charge in [-0.1, -0.05) is 55.1 Å². The molecule has 0 rings (SSSR count). The molecule has 0 aliphatic rings. The summed E-state index contributed by atoms with van der Waals surface area (Å²) in [4.78, 5) is 29.7. The van der Waals surface area contributed by atoms with E-state index in [0.29, 0.717) is 19.3 Å². The minimum absolute atomic E-state index is 0. The molecule has 5 unspecified atom stereocenters. The van der Waals surface area contributed by atoms with Crippen LogP contribution in [0, 0.1) is 0 Å². The van der Waals surface area contributed by atoms with Crippen molar-refractivity contribution in [1.29, 1.82) is 0 Å². The topological polar surface area (TPSA) is 129 Å². The summed E-state index contributed by atoms with van der Waals surface area (Å²) in [6.45, 7) is 9.23. The number of carbonyl (C=O) groups excluding carboxylic acids is 2. The quantitative estimate of drug-likeness (QED) is 0.0185. The standard InChI is InChI=1S/C6Cl4F10O.C6H8Cl4F2O.C6H7Cl3F2O2.C6H7ClF2O2.C4H8O.C3H2F2.C2HClF2O2.CH4.Cl2.F2.Zn/c7-1(11,3(8,14)15)2(12,13)6(19,20)21-5(10,18)4(9,16)17;7-3-4(8)1-2-13-5(9)6(10,11)12;7-3-4(8)1-2-13-5(12)6(9,10)11;1-2-3-4-11-5(10)6(7,8)9;1-2-3-4-5;1-2-3(4)5;3-2(4,5)1(6)7;;2*1-2;/h;4-5H,1-3H2;4H,1-3H2;2H,1,3-4H2;2,5H,1,3-4H2;1H2;(H,6,7);1H4;;;. The first kappa shape index (κ1) is 106. The summed E-state index contributed by atoms with van der Waals surface area (Å²) in [5, 5.41) is -23.8. The molecule has 9 nitrogen and oxygen atoms in total. The van der Waals surface area contributed by atoms with E-state index in [1.165, 1.54) is 11.8 Å². The number of hydrogen-bond acceptors (Lipinski definition) is 8. The average molecular weight is 1600 g/mol. The molecular formula is C34H37Cl15F22O9Zn. The van der Waals surface area contributed by atoms with Crippen molar-refractivity contribution in [1.82, 2.24) is 0 Å². The van der Waals surface area contributed by atoms with Crippen molar-refractivity contribution in [2.75, 3.05) is 38.2 Å². The number of carboxylic acid groups (broad SMARTS) is 1. The van der Waals surface area contributed by atoms with Crippen LogP contribution in [0.4, 0.5) is 97.0 Å². The number of aliphatic carboxylic acids is 1. The van der Waals surface area contributed by atoms with Crippen LogP contribution in [0.5, 0.6) is 0 Å². The molecule has 0 saturated heterocycles. The number of carboxylic acids is 1. The maximum Gasteiger partial charge on any atom is 0.428 e. The van der Waals surface area contributed by atoms with Crippen LogP contribution >= 0.6 is 173 Å². The number of esters is 2. The van der Waals surface area contributed by atoms with Crippen LogP contribution in [0.15, 0.2) is 43.7 Å². The molecule has 81 heavy (non-hydrogen) atoms. The second kappa shape index (κ2) is 52.6. The van der Waals surface area contributed by atoms with Gasteiger partial charge in [-0.25, -0.2) is 18.8 Å². The molecule has 0 radical (unpaired) electrons. The number of carbonyl (C=O) groups is 3. The maximum absolute atomic E-state index is 12.9. The largest absolute Gasteiger partial charge is 0.476 e. The maximum atomic E-state index is 12.9. The zero-order chi connectivity index (χ0) is 66.1. The van der Waals surface area contributed by atoms with E-state index in [-0.39, 0.29) is 76.9 Å². The van der Waals surface area contributed by atoms with Crippen LogP contribution in [-0.2, 0) is 52.8 Å². The molecular weight excluding hydrogens is 1570 g/mol. The Hall–Kier alpha value is 0.723. The predicted octanol–water partition coefficient (Wildman–Crippen LogP) is 19.7. The monoisotopic (exact) mass is 1600 g/mol. The Balaban J connectivity index is -0.0000000810. The number of aliphatic hydroxyl groups excluding tert-OH is 1. The Morgan fingerprint density at radius 1 is 0.593 bits per heavy atom. The summed E-state index contributed by atoms with van der Waals surface area (Å²) in [6, 6.07) is 0. The van der Waals surface area contributed by atoms with Crippen molar-refractivity contribution in [2.45, 2.75) is 104 Å². The second-order valence-electron chi connectivity index (χ2n) is 11.5. The van der Waals surface area contributed by atoms with Gasteiger partial charge in [0.15, 0.2) is 0 Å². The molecule has 0 aliphatic heterocycles. The Kier molecular flexibility index (Phi) is 69.2. The van der Waals surface area contributed by atoms with Crippen molar-refractivity contribution in [3.63, 3.8) is 0 Å². The molecule has 0 aromatic carbocycles. The molecule has 0 aromatic rings. The van der Waals surface area contributed by atoms with Gasteiger partial charge in [0.25, 0.3) is 0 Å². The van der Waals surface area contributed by atoms with Crippen molar-refractivity contribution >= 4 is 190 Å². The number of ether oxygens (including phenoxy) is 4. The first-order valence-electron chi connectivity index (χ1n) is 17.7. The normalized spacial score (nSPS) is 13.8. The molecule has 5 atom stereocenters. The van der Waals surface area contributed by atoms with E-state index in [2.05, 4.69) is 153 Å². The third-order valence-corrected chi connectivity index (χ3v) is 9.85. The summed E-state index contributed by atoms with van der Waals surface area (Å²) >= 11 is 59.6. The summed E-state index contributed by atoms with van der Waals surface area (Å²) in [5.41, 5.74) is -0.478. The van der Waals surface area contributed by atoms with Gasteiger partial charge in [0, 0.05) is 74.1 Å². The summed E-state index contributed by atoms with van der Waals surface area (Å²) in [7, 11) is 8.22. The van der Waals surface area contributed by atoms with Crippen LogP contribution in [0.1, 0.15) is 33.1 Å². The fourth-order valence-corrected chi connectivity index (χ4v) is 3.07. The molecule has 0 heterocycles. The van der Waals surface area contributed by atoms with Gasteiger partial charge in [0.2, 0.25) is 5.56 Å². The first-order chi connectivity index (χ1) is 35.1. The smallest absolute Gasteiger partial charge is 0.428 e. The van der Waals surface area contributed by atoms with Crippen LogP contribution in [0.25, 0.3) is 0 Å². The van der Waals surface area contributed by atoms with Crippen LogP contribution in [0.2, 0.25) is 0 Å². The molecule has 0 saturated carbocycles. The van der Waals surface area contributed by atoms with Crippen LogP contribution in [0.3, 0.4) is 0 Å². The Bertz CT molecular complexity index is 1670. The van der Waals surface area contributed by atoms with E-state index < -0.39 is 89.7 Å². The third-order valence-electron chi connectivity index (χ3n) is 5.38. The zero-order valence-electron chi connectivity index (χ0n) is 38.0. The summed E-state index contributed by atoms with van der Waals surface area (Å²) < 4.78 is 272. The minimum atomic E-state index is -6.80. The molecule has 47 heteroatoms. The molecule has 0 aliphatic carbocycles. The fourth-order valence-electron chi connectivity index (χ4n) is 1.96.